The van der Waals surface area contributed by atoms with Gasteiger partial charge >= 0.3 is 17.9 Å². The van der Waals surface area contributed by atoms with Crippen molar-refractivity contribution in [3.63, 3.8) is 0 Å². The standard InChI is InChI=1S/C24H45N3O10S.4Na/c1-2-3-4-5-6-7-8-9-10-11-13-26(18-22(29)30)15-16-27(19-23(31)32)14-12-25-21(28)17-20(24(33)34)38(35,36)37;;;;/h20H,2-19H2,1H3,(H,25,28)(H,29,30)(H,31,32)(H,33,34)(H,35,36,37);;;;. The van der Waals surface area contributed by atoms with Gasteiger partial charge in [-0.15, -0.1) is 0 Å². The number of nitrogens with one attached hydrogen (secondary N) is 1. The van der Waals surface area contributed by atoms with Crippen molar-refractivity contribution in [1.82, 2.24) is 15.1 Å². The maximum absolute atomic E-state index is 11.9. The topological polar surface area (TPSA) is 202 Å². The van der Waals surface area contributed by atoms with Crippen molar-refractivity contribution in [3.05, 3.63) is 0 Å². The van der Waals surface area contributed by atoms with Gasteiger partial charge in [0.1, 0.15) is 0 Å². The molecule has 0 rings (SSSR count). The number of carbonyl (C=O) groups excluding carboxylic acids is 1. The molecule has 0 aliphatic heterocycles. The monoisotopic (exact) mass is 659 g/mol. The molecule has 0 aliphatic rings. The summed E-state index contributed by atoms with van der Waals surface area (Å²) in [6.45, 7) is 2.69. The first kappa shape index (κ1) is 53.2. The van der Waals surface area contributed by atoms with Crippen LogP contribution in [0.2, 0.25) is 0 Å². The molecule has 5 N–H and O–H groups in total. The summed E-state index contributed by atoms with van der Waals surface area (Å²) in [7, 11) is -4.97. The van der Waals surface area contributed by atoms with Crippen LogP contribution in [0.25, 0.3) is 0 Å². The Labute approximate surface area is 339 Å². The number of nitrogens with zero attached hydrogens (tertiary/aromatic N) is 2. The molecule has 0 spiro atoms. The van der Waals surface area contributed by atoms with Gasteiger partial charge in [-0.25, -0.2) is 0 Å². The second-order valence-electron chi connectivity index (χ2n) is 9.42. The minimum atomic E-state index is -4.97. The average Bonchev–Trinajstić information content (AvgIpc) is 2.80. The molecule has 1 unspecified atom stereocenters. The zero-order chi connectivity index (χ0) is 29.0. The summed E-state index contributed by atoms with van der Waals surface area (Å²) in [6.07, 6.45) is 10.6. The number of rotatable bonds is 25. The fourth-order valence-electron chi connectivity index (χ4n) is 3.94. The fourth-order valence-corrected chi connectivity index (χ4v) is 4.56. The van der Waals surface area contributed by atoms with Crippen molar-refractivity contribution in [2.75, 3.05) is 45.8 Å². The maximum atomic E-state index is 11.9. The summed E-state index contributed by atoms with van der Waals surface area (Å²) in [5, 5.41) is 27.3. The summed E-state index contributed by atoms with van der Waals surface area (Å²) in [5.74, 6) is -4.90. The van der Waals surface area contributed by atoms with E-state index in [0.29, 0.717) is 13.1 Å². The van der Waals surface area contributed by atoms with E-state index in [-0.39, 0.29) is 151 Å². The van der Waals surface area contributed by atoms with Crippen molar-refractivity contribution in [2.24, 2.45) is 0 Å². The van der Waals surface area contributed by atoms with Gasteiger partial charge < -0.3 is 20.6 Å². The van der Waals surface area contributed by atoms with Gasteiger partial charge in [0.05, 0.1) is 19.5 Å². The molecule has 0 aromatic carbocycles. The van der Waals surface area contributed by atoms with Crippen LogP contribution >= 0.6 is 0 Å². The Morgan fingerprint density at radius 2 is 1.07 bits per heavy atom. The normalized spacial score (nSPS) is 11.3. The van der Waals surface area contributed by atoms with Gasteiger partial charge in [-0.1, -0.05) is 64.7 Å². The Bertz CT molecular complexity index is 841. The number of amides is 1. The predicted octanol–water partition coefficient (Wildman–Crippen LogP) is 0.00460. The SMILES string of the molecule is CCCCCCCCCCCCN(CCN(CCNC(=O)CC(C(=O)O)S(=O)(=O)O)CC(=O)O)CC(=O)O.[Na].[Na].[Na].[Na]. The Kier molecular flexibility index (Phi) is 41.4. The number of hydrogen-bond acceptors (Lipinski definition) is 8. The maximum Gasteiger partial charge on any atom is 0.324 e. The molecule has 1 amide bonds. The smallest absolute Gasteiger partial charge is 0.324 e. The van der Waals surface area contributed by atoms with Crippen LogP contribution in [-0.2, 0) is 29.3 Å². The summed E-state index contributed by atoms with van der Waals surface area (Å²) >= 11 is 0. The van der Waals surface area contributed by atoms with E-state index in [2.05, 4.69) is 12.2 Å². The number of hydrogen-bond donors (Lipinski definition) is 5. The molecule has 226 valence electrons. The number of unbranched alkanes of at least 4 members (excludes halogenated alkanes) is 9. The predicted molar refractivity (Wildman–Crippen MR) is 164 cm³/mol. The molecule has 1 atom stereocenters. The van der Waals surface area contributed by atoms with E-state index in [1.165, 1.54) is 43.4 Å². The van der Waals surface area contributed by atoms with E-state index in [1.807, 2.05) is 0 Å². The number of carboxylic acids is 3. The van der Waals surface area contributed by atoms with Gasteiger partial charge in [0, 0.05) is 144 Å². The van der Waals surface area contributed by atoms with Crippen LogP contribution in [0.4, 0.5) is 0 Å². The first-order valence-electron chi connectivity index (χ1n) is 13.2. The first-order chi connectivity index (χ1) is 17.9. The third kappa shape index (κ3) is 31.7. The Morgan fingerprint density at radius 1 is 0.667 bits per heavy atom. The number of aliphatic carboxylic acids is 3. The molecule has 0 aromatic heterocycles. The first-order valence-corrected chi connectivity index (χ1v) is 14.7. The Hall–Kier alpha value is 1.71. The Morgan fingerprint density at radius 3 is 1.45 bits per heavy atom. The molecule has 0 aliphatic carbocycles. The summed E-state index contributed by atoms with van der Waals surface area (Å²) in [6, 6.07) is 0. The van der Waals surface area contributed by atoms with Crippen molar-refractivity contribution in [3.8, 4) is 0 Å². The molecular weight excluding hydrogens is 614 g/mol. The van der Waals surface area contributed by atoms with Crippen LogP contribution in [0.1, 0.15) is 77.6 Å². The Balaban J connectivity index is -0.00000114. The minimum Gasteiger partial charge on any atom is -0.480 e. The average molecular weight is 660 g/mol. The van der Waals surface area contributed by atoms with Crippen LogP contribution in [0.5, 0.6) is 0 Å². The van der Waals surface area contributed by atoms with E-state index in [0.717, 1.165) is 25.7 Å². The molecule has 0 saturated carbocycles. The van der Waals surface area contributed by atoms with E-state index in [1.54, 1.807) is 4.90 Å². The zero-order valence-corrected chi connectivity index (χ0v) is 35.2. The molecule has 0 bridgehead atoms. The largest absolute Gasteiger partial charge is 0.480 e. The van der Waals surface area contributed by atoms with Gasteiger partial charge in [0.15, 0.2) is 5.25 Å². The van der Waals surface area contributed by atoms with E-state index in [9.17, 15) is 37.8 Å². The molecule has 13 nitrogen and oxygen atoms in total. The molecule has 0 saturated heterocycles. The van der Waals surface area contributed by atoms with Gasteiger partial charge in [-0.05, 0) is 13.0 Å². The molecule has 42 heavy (non-hydrogen) atoms. The third-order valence-corrected chi connectivity index (χ3v) is 7.12. The number of carbonyl (C=O) groups is 4. The van der Waals surface area contributed by atoms with E-state index < -0.39 is 45.6 Å². The van der Waals surface area contributed by atoms with Gasteiger partial charge in [0.2, 0.25) is 5.91 Å². The van der Waals surface area contributed by atoms with Crippen molar-refractivity contribution in [1.29, 1.82) is 0 Å². The van der Waals surface area contributed by atoms with Gasteiger partial charge in [-0.3, -0.25) is 33.5 Å². The van der Waals surface area contributed by atoms with Gasteiger partial charge in [-0.2, -0.15) is 8.42 Å². The molecular formula is C24H45N3Na4O10S. The van der Waals surface area contributed by atoms with Gasteiger partial charge in [0.25, 0.3) is 10.1 Å². The zero-order valence-electron chi connectivity index (χ0n) is 26.3. The molecule has 0 fully saturated rings. The van der Waals surface area contributed by atoms with Crippen LogP contribution in [0.3, 0.4) is 0 Å². The van der Waals surface area contributed by atoms with Crippen molar-refractivity contribution >= 4 is 152 Å². The summed E-state index contributed by atoms with van der Waals surface area (Å²) in [4.78, 5) is 48.6. The second kappa shape index (κ2) is 32.6. The summed E-state index contributed by atoms with van der Waals surface area (Å²) < 4.78 is 31.1. The fraction of sp³-hybridized carbons (Fsp3) is 0.833. The van der Waals surface area contributed by atoms with Crippen molar-refractivity contribution < 1.29 is 47.5 Å². The van der Waals surface area contributed by atoms with Crippen LogP contribution < -0.4 is 5.32 Å². The third-order valence-electron chi connectivity index (χ3n) is 6.03. The van der Waals surface area contributed by atoms with E-state index in [4.69, 9.17) is 9.66 Å². The van der Waals surface area contributed by atoms with Crippen molar-refractivity contribution in [2.45, 2.75) is 82.8 Å². The minimum absolute atomic E-state index is 0. The summed E-state index contributed by atoms with van der Waals surface area (Å²) in [5.41, 5.74) is 0. The molecule has 0 aromatic rings. The number of carboxylic acid groups (broad SMARTS) is 3. The van der Waals surface area contributed by atoms with Crippen LogP contribution in [-0.4, -0.2) is 231 Å². The second-order valence-corrected chi connectivity index (χ2v) is 11.0. The molecule has 0 heterocycles. The quantitative estimate of drug-likeness (QED) is 0.0500. The van der Waals surface area contributed by atoms with Crippen LogP contribution in [0.15, 0.2) is 0 Å². The molecule has 18 heteroatoms. The van der Waals surface area contributed by atoms with E-state index >= 15 is 0 Å². The molecule has 4 radical (unpaired) electrons. The van der Waals surface area contributed by atoms with Crippen LogP contribution in [0, 0.1) is 0 Å².